The van der Waals surface area contributed by atoms with Crippen LogP contribution in [-0.2, 0) is 4.79 Å². The number of alkyl halides is 1. The van der Waals surface area contributed by atoms with E-state index >= 15 is 0 Å². The number of nitriles is 1. The molecule has 3 atom stereocenters. The minimum absolute atomic E-state index is 0.0417. The third-order valence-corrected chi connectivity index (χ3v) is 9.93. The number of rotatable bonds is 5. The molecule has 3 saturated heterocycles. The van der Waals surface area contributed by atoms with Crippen LogP contribution < -0.4 is 15.4 Å². The van der Waals surface area contributed by atoms with Crippen molar-refractivity contribution in [1.29, 1.82) is 5.26 Å². The summed E-state index contributed by atoms with van der Waals surface area (Å²) in [5.41, 5.74) is 7.71. The Labute approximate surface area is 263 Å². The predicted molar refractivity (Wildman–Crippen MR) is 171 cm³/mol. The first-order valence-corrected chi connectivity index (χ1v) is 15.7. The van der Waals surface area contributed by atoms with Gasteiger partial charge in [0.1, 0.15) is 28.9 Å². The van der Waals surface area contributed by atoms with E-state index in [9.17, 15) is 18.8 Å². The molecule has 4 aromatic rings. The van der Waals surface area contributed by atoms with Crippen LogP contribution in [0.1, 0.15) is 31.2 Å². The number of hydrogen-bond donors (Lipinski definition) is 1. The summed E-state index contributed by atoms with van der Waals surface area (Å²) in [6.45, 7) is 6.61. The molecule has 2 N–H and O–H groups in total. The molecule has 7 rings (SSSR count). The van der Waals surface area contributed by atoms with E-state index < -0.39 is 12.0 Å². The predicted octanol–water partition coefficient (Wildman–Crippen LogP) is 4.92. The second-order valence-corrected chi connectivity index (χ2v) is 12.6. The lowest BCUT2D eigenvalue weighted by Crippen LogP contribution is -2.36. The number of anilines is 2. The van der Waals surface area contributed by atoms with Gasteiger partial charge in [-0.05, 0) is 62.6 Å². The lowest BCUT2D eigenvalue weighted by atomic mass is 10.0. The minimum Gasteiger partial charge on any atom is -0.467 e. The number of carbonyl (C=O) groups excluding carboxylic acids is 1. The van der Waals surface area contributed by atoms with Crippen molar-refractivity contribution in [2.24, 2.45) is 0 Å². The van der Waals surface area contributed by atoms with Crippen molar-refractivity contribution >= 4 is 49.2 Å². The van der Waals surface area contributed by atoms with Crippen LogP contribution in [0.25, 0.3) is 32.4 Å². The number of aromatic nitrogens is 3. The van der Waals surface area contributed by atoms with Gasteiger partial charge >= 0.3 is 6.01 Å². The van der Waals surface area contributed by atoms with Crippen LogP contribution in [0.15, 0.2) is 36.9 Å². The molecular formula is C32H34F2N8O2S. The average molecular weight is 633 g/mol. The van der Waals surface area contributed by atoms with Gasteiger partial charge < -0.3 is 20.3 Å². The minimum atomic E-state index is -0.518. The Hall–Kier alpha value is -4.41. The highest BCUT2D eigenvalue weighted by Crippen LogP contribution is 2.41. The Morgan fingerprint density at radius 2 is 2.04 bits per heavy atom. The summed E-state index contributed by atoms with van der Waals surface area (Å²) in [5.74, 6) is 0.0792. The fraction of sp³-hybridized carbons (Fsp3) is 0.406. The normalized spacial score (nSPS) is 21.0. The lowest BCUT2D eigenvalue weighted by Gasteiger charge is -2.26. The quantitative estimate of drug-likeness (QED) is 0.305. The number of amides is 1. The van der Waals surface area contributed by atoms with Crippen molar-refractivity contribution in [3.8, 4) is 23.3 Å². The molecule has 3 aromatic heterocycles. The molecule has 10 nitrogen and oxygen atoms in total. The number of carbonyl (C=O) groups is 1. The van der Waals surface area contributed by atoms with Crippen LogP contribution >= 0.6 is 11.3 Å². The zero-order chi connectivity index (χ0) is 31.8. The maximum Gasteiger partial charge on any atom is 0.320 e. The zero-order valence-electron chi connectivity index (χ0n) is 25.2. The molecule has 0 spiro atoms. The van der Waals surface area contributed by atoms with Crippen molar-refractivity contribution in [2.75, 3.05) is 51.0 Å². The number of fused-ring (bicyclic) bond motifs is 3. The number of methoxy groups -OCH3 is 1. The van der Waals surface area contributed by atoms with Crippen molar-refractivity contribution in [3.05, 3.63) is 48.3 Å². The van der Waals surface area contributed by atoms with Crippen molar-refractivity contribution in [2.45, 2.75) is 43.9 Å². The van der Waals surface area contributed by atoms with Crippen LogP contribution in [0.4, 0.5) is 19.6 Å². The highest BCUT2D eigenvalue weighted by molar-refractivity contribution is 7.23. The highest BCUT2D eigenvalue weighted by Gasteiger charge is 2.35. The number of benzene rings is 1. The van der Waals surface area contributed by atoms with Crippen molar-refractivity contribution in [3.63, 3.8) is 0 Å². The van der Waals surface area contributed by atoms with E-state index in [-0.39, 0.29) is 28.5 Å². The topological polar surface area (TPSA) is 124 Å². The monoisotopic (exact) mass is 632 g/mol. The first-order valence-electron chi connectivity index (χ1n) is 14.9. The number of ether oxygens (including phenoxy) is 1. The number of likely N-dealkylation sites (N-methyl/N-ethyl adjacent to an activating group) is 1. The van der Waals surface area contributed by atoms with Crippen LogP contribution in [-0.4, -0.2) is 89.3 Å². The summed E-state index contributed by atoms with van der Waals surface area (Å²) >= 11 is 1.04. The number of pyridine rings is 1. The highest BCUT2D eigenvalue weighted by atomic mass is 32.1. The van der Waals surface area contributed by atoms with Gasteiger partial charge in [-0.1, -0.05) is 6.58 Å². The van der Waals surface area contributed by atoms with E-state index in [0.29, 0.717) is 63.9 Å². The number of likely N-dealkylation sites (tertiary alicyclic amines) is 1. The number of nitrogens with two attached hydrogens (primary N) is 1. The zero-order valence-corrected chi connectivity index (χ0v) is 26.0. The van der Waals surface area contributed by atoms with Crippen molar-refractivity contribution < 1.29 is 18.3 Å². The first kappa shape index (κ1) is 30.6. The van der Waals surface area contributed by atoms with Gasteiger partial charge in [-0.15, -0.1) is 11.3 Å². The SMILES string of the molecule is C=CC(=O)N1CCC(N(C)c2nc(OC)nc3nc(-c4ccc(F)c5sc(N)c(C#N)c45)ccc23)C1.FC1CC2CCCN2C1. The number of nitrogens with zero attached hydrogens (tertiary/aromatic N) is 7. The fourth-order valence-electron chi connectivity index (χ4n) is 6.59. The van der Waals surface area contributed by atoms with E-state index in [1.807, 2.05) is 18.0 Å². The third kappa shape index (κ3) is 5.76. The summed E-state index contributed by atoms with van der Waals surface area (Å²) in [6.07, 6.45) is 4.91. The molecule has 3 aliphatic rings. The van der Waals surface area contributed by atoms with E-state index in [4.69, 9.17) is 15.5 Å². The summed E-state index contributed by atoms with van der Waals surface area (Å²) in [4.78, 5) is 31.8. The van der Waals surface area contributed by atoms with Crippen LogP contribution in [0, 0.1) is 17.1 Å². The Balaban J connectivity index is 0.000000337. The van der Waals surface area contributed by atoms with E-state index in [0.717, 1.165) is 30.7 Å². The van der Waals surface area contributed by atoms with E-state index in [2.05, 4.69) is 27.5 Å². The Kier molecular flexibility index (Phi) is 8.52. The Morgan fingerprint density at radius 3 is 2.78 bits per heavy atom. The maximum absolute atomic E-state index is 14.5. The first-order chi connectivity index (χ1) is 21.7. The van der Waals surface area contributed by atoms with Gasteiger partial charge in [0, 0.05) is 49.7 Å². The molecule has 1 aromatic carbocycles. The average Bonchev–Trinajstić information content (AvgIpc) is 3.84. The van der Waals surface area contributed by atoms with Crippen LogP contribution in [0.2, 0.25) is 0 Å². The Morgan fingerprint density at radius 1 is 1.22 bits per heavy atom. The van der Waals surface area contributed by atoms with Gasteiger partial charge in [0.2, 0.25) is 5.91 Å². The third-order valence-electron chi connectivity index (χ3n) is 8.90. The molecule has 45 heavy (non-hydrogen) atoms. The molecule has 0 bridgehead atoms. The van der Waals surface area contributed by atoms with Crippen LogP contribution in [0.3, 0.4) is 0 Å². The lowest BCUT2D eigenvalue weighted by molar-refractivity contribution is -0.125. The molecule has 6 heterocycles. The second-order valence-electron chi connectivity index (χ2n) is 11.5. The summed E-state index contributed by atoms with van der Waals surface area (Å²) in [5, 5.41) is 11.0. The van der Waals surface area contributed by atoms with Gasteiger partial charge in [-0.25, -0.2) is 13.8 Å². The largest absolute Gasteiger partial charge is 0.467 e. The molecule has 1 amide bonds. The summed E-state index contributed by atoms with van der Waals surface area (Å²) < 4.78 is 32.8. The van der Waals surface area contributed by atoms with Gasteiger partial charge in [0.25, 0.3) is 0 Å². The molecule has 3 fully saturated rings. The molecule has 0 saturated carbocycles. The van der Waals surface area contributed by atoms with Gasteiger partial charge in [-0.2, -0.15) is 15.2 Å². The fourth-order valence-corrected chi connectivity index (χ4v) is 7.53. The van der Waals surface area contributed by atoms with Crippen molar-refractivity contribution in [1.82, 2.24) is 24.8 Å². The maximum atomic E-state index is 14.5. The number of nitrogen functional groups attached to an aromatic ring is 1. The standard InChI is InChI=1S/C25H22FN7O2S.C7H12FN/c1-4-19(34)33-10-9-13(12-33)32(2)24-15-6-8-18(29-23(15)30-25(31-24)35-3)14-5-7-17(26)21-20(14)16(11-27)22(28)36-21;8-6-4-7-2-1-3-9(7)5-6/h4-8,13H,1,9-10,12,28H2,2-3H3;6-7H,1-5H2. The van der Waals surface area contributed by atoms with Gasteiger partial charge in [0.05, 0.1) is 28.5 Å². The molecule has 234 valence electrons. The van der Waals surface area contributed by atoms with Gasteiger partial charge in [-0.3, -0.25) is 9.69 Å². The number of halogens is 2. The molecular weight excluding hydrogens is 598 g/mol. The van der Waals surface area contributed by atoms with E-state index in [1.54, 1.807) is 17.0 Å². The Bertz CT molecular complexity index is 1810. The summed E-state index contributed by atoms with van der Waals surface area (Å²) in [6, 6.07) is 9.46. The van der Waals surface area contributed by atoms with E-state index in [1.165, 1.54) is 32.1 Å². The second kappa shape index (κ2) is 12.5. The number of thiophene rings is 1. The molecule has 3 aliphatic heterocycles. The smallest absolute Gasteiger partial charge is 0.320 e. The molecule has 13 heteroatoms. The molecule has 0 aliphatic carbocycles. The summed E-state index contributed by atoms with van der Waals surface area (Å²) in [7, 11) is 3.39. The van der Waals surface area contributed by atoms with Crippen LogP contribution in [0.5, 0.6) is 6.01 Å². The van der Waals surface area contributed by atoms with Gasteiger partial charge in [0.15, 0.2) is 5.65 Å². The number of hydrogen-bond acceptors (Lipinski definition) is 10. The molecule has 3 unspecified atom stereocenters. The molecule has 0 radical (unpaired) electrons.